The van der Waals surface area contributed by atoms with Crippen LogP contribution in [-0.4, -0.2) is 34.4 Å². The molecule has 31 heavy (non-hydrogen) atoms. The zero-order valence-electron chi connectivity index (χ0n) is 17.1. The van der Waals surface area contributed by atoms with Crippen LogP contribution in [0.1, 0.15) is 61.2 Å². The molecule has 3 aromatic rings. The van der Waals surface area contributed by atoms with E-state index in [4.69, 9.17) is 13.6 Å². The van der Waals surface area contributed by atoms with Gasteiger partial charge in [-0.3, -0.25) is 4.79 Å². The largest absolute Gasteiger partial charge is 0.464 e. The van der Waals surface area contributed by atoms with Crippen LogP contribution in [0.4, 0.5) is 5.00 Å². The molecule has 0 unspecified atom stereocenters. The first-order chi connectivity index (χ1) is 15.2. The number of esters is 1. The molecule has 164 valence electrons. The molecule has 0 spiro atoms. The number of furan rings is 1. The molecule has 3 aromatic heterocycles. The third kappa shape index (κ3) is 5.19. The van der Waals surface area contributed by atoms with Gasteiger partial charge >= 0.3 is 5.97 Å². The number of ether oxygens (including phenoxy) is 1. The van der Waals surface area contributed by atoms with Gasteiger partial charge in [-0.15, -0.1) is 21.5 Å². The monoisotopic (exact) mass is 461 g/mol. The number of anilines is 1. The van der Waals surface area contributed by atoms with Crippen molar-refractivity contribution in [2.45, 2.75) is 50.2 Å². The van der Waals surface area contributed by atoms with E-state index >= 15 is 0 Å². The topological polar surface area (TPSA) is 107 Å². The van der Waals surface area contributed by atoms with Crippen molar-refractivity contribution >= 4 is 40.0 Å². The van der Waals surface area contributed by atoms with E-state index < -0.39 is 5.97 Å². The van der Waals surface area contributed by atoms with Crippen LogP contribution < -0.4 is 5.32 Å². The number of nitrogens with zero attached hydrogens (tertiary/aromatic N) is 2. The molecule has 1 fully saturated rings. The predicted octanol–water partition coefficient (Wildman–Crippen LogP) is 5.35. The van der Waals surface area contributed by atoms with Gasteiger partial charge in [0, 0.05) is 16.9 Å². The lowest BCUT2D eigenvalue weighted by molar-refractivity contribution is -0.113. The summed E-state index contributed by atoms with van der Waals surface area (Å²) in [6.45, 7) is 1.97. The second-order valence-corrected chi connectivity index (χ2v) is 8.94. The van der Waals surface area contributed by atoms with Crippen LogP contribution in [0.25, 0.3) is 11.3 Å². The number of thioether (sulfide) groups is 1. The molecule has 8 nitrogen and oxygen atoms in total. The zero-order chi connectivity index (χ0) is 21.6. The summed E-state index contributed by atoms with van der Waals surface area (Å²) in [5, 5.41) is 13.6. The minimum absolute atomic E-state index is 0.0859. The summed E-state index contributed by atoms with van der Waals surface area (Å²) in [7, 11) is 0. The Hall–Kier alpha value is -2.59. The van der Waals surface area contributed by atoms with Crippen molar-refractivity contribution in [3.63, 3.8) is 0 Å². The minimum Gasteiger partial charge on any atom is -0.464 e. The van der Waals surface area contributed by atoms with Crippen LogP contribution in [0.3, 0.4) is 0 Å². The molecule has 0 aliphatic heterocycles. The summed E-state index contributed by atoms with van der Waals surface area (Å²) in [4.78, 5) is 25.0. The predicted molar refractivity (Wildman–Crippen MR) is 117 cm³/mol. The van der Waals surface area contributed by atoms with Gasteiger partial charge in [0.15, 0.2) is 0 Å². The second kappa shape index (κ2) is 10.1. The smallest absolute Gasteiger partial charge is 0.341 e. The van der Waals surface area contributed by atoms with E-state index in [1.54, 1.807) is 24.4 Å². The van der Waals surface area contributed by atoms with Gasteiger partial charge in [0.2, 0.25) is 11.8 Å². The van der Waals surface area contributed by atoms with Crippen LogP contribution in [0.2, 0.25) is 0 Å². The first kappa shape index (κ1) is 21.6. The Morgan fingerprint density at radius 2 is 2.13 bits per heavy atom. The van der Waals surface area contributed by atoms with Crippen molar-refractivity contribution in [3.05, 3.63) is 35.2 Å². The normalized spacial score (nSPS) is 14.5. The average Bonchev–Trinajstić information content (AvgIpc) is 3.53. The van der Waals surface area contributed by atoms with Gasteiger partial charge in [0.05, 0.1) is 18.6 Å². The molecular formula is C21H23N3O5S2. The van der Waals surface area contributed by atoms with Crippen LogP contribution >= 0.6 is 23.1 Å². The van der Waals surface area contributed by atoms with Crippen molar-refractivity contribution < 1.29 is 23.2 Å². The first-order valence-corrected chi connectivity index (χ1v) is 12.1. The maximum absolute atomic E-state index is 12.5. The third-order valence-electron chi connectivity index (χ3n) is 5.01. The summed E-state index contributed by atoms with van der Waals surface area (Å²) in [6.07, 6.45) is 7.29. The molecule has 0 aromatic carbocycles. The molecule has 0 bridgehead atoms. The zero-order valence-corrected chi connectivity index (χ0v) is 18.7. The van der Waals surface area contributed by atoms with E-state index in [0.29, 0.717) is 33.4 Å². The van der Waals surface area contributed by atoms with E-state index in [1.165, 1.54) is 48.6 Å². The van der Waals surface area contributed by atoms with E-state index in [9.17, 15) is 9.59 Å². The Bertz CT molecular complexity index is 1020. The molecule has 3 heterocycles. The molecule has 1 N–H and O–H groups in total. The van der Waals surface area contributed by atoms with E-state index in [0.717, 1.165) is 12.8 Å². The fraction of sp³-hybridized carbons (Fsp3) is 0.429. The molecular weight excluding hydrogens is 438 g/mol. The number of nitrogens with one attached hydrogen (secondary N) is 1. The Labute approximate surface area is 187 Å². The number of carbonyl (C=O) groups excluding carboxylic acids is 2. The molecule has 0 saturated heterocycles. The van der Waals surface area contributed by atoms with Gasteiger partial charge < -0.3 is 18.9 Å². The molecule has 0 radical (unpaired) electrons. The Kier molecular flexibility index (Phi) is 7.08. The highest BCUT2D eigenvalue weighted by atomic mass is 32.2. The van der Waals surface area contributed by atoms with Crippen molar-refractivity contribution in [1.29, 1.82) is 0 Å². The SMILES string of the molecule is CCOC(=O)c1c(-c2ccco2)csc1NC(=O)CSc1nnc(C2CCCCC2)o1. The molecule has 1 aliphatic rings. The lowest BCUT2D eigenvalue weighted by atomic mass is 9.89. The van der Waals surface area contributed by atoms with Crippen molar-refractivity contribution in [2.75, 3.05) is 17.7 Å². The highest BCUT2D eigenvalue weighted by molar-refractivity contribution is 7.99. The standard InChI is InChI=1S/C21H23N3O5S2/c1-2-27-20(26)17-14(15-9-6-10-28-15)11-30-19(17)22-16(25)12-31-21-24-23-18(29-21)13-7-4-3-5-8-13/h6,9-11,13H,2-5,7-8,12H2,1H3,(H,22,25). The highest BCUT2D eigenvalue weighted by Crippen LogP contribution is 2.37. The Balaban J connectivity index is 1.40. The maximum atomic E-state index is 12.5. The quantitative estimate of drug-likeness (QED) is 0.353. The van der Waals surface area contributed by atoms with Crippen LogP contribution in [0.5, 0.6) is 0 Å². The van der Waals surface area contributed by atoms with Crippen LogP contribution in [-0.2, 0) is 9.53 Å². The van der Waals surface area contributed by atoms with Gasteiger partial charge in [-0.05, 0) is 31.9 Å². The number of aromatic nitrogens is 2. The van der Waals surface area contributed by atoms with Crippen molar-refractivity contribution in [1.82, 2.24) is 10.2 Å². The van der Waals surface area contributed by atoms with E-state index in [1.807, 2.05) is 0 Å². The summed E-state index contributed by atoms with van der Waals surface area (Å²) >= 11 is 2.43. The number of amides is 1. The Morgan fingerprint density at radius 3 is 2.87 bits per heavy atom. The first-order valence-electron chi connectivity index (χ1n) is 10.2. The fourth-order valence-electron chi connectivity index (χ4n) is 3.55. The molecule has 10 heteroatoms. The third-order valence-corrected chi connectivity index (χ3v) is 6.73. The lowest BCUT2D eigenvalue weighted by Gasteiger charge is -2.17. The van der Waals surface area contributed by atoms with Gasteiger partial charge in [0.1, 0.15) is 16.3 Å². The summed E-state index contributed by atoms with van der Waals surface area (Å²) in [5.41, 5.74) is 0.878. The lowest BCUT2D eigenvalue weighted by Crippen LogP contribution is -2.16. The number of rotatable bonds is 8. The second-order valence-electron chi connectivity index (χ2n) is 7.13. The van der Waals surface area contributed by atoms with E-state index in [2.05, 4.69) is 15.5 Å². The van der Waals surface area contributed by atoms with Gasteiger partial charge in [0.25, 0.3) is 5.22 Å². The Morgan fingerprint density at radius 1 is 1.29 bits per heavy atom. The summed E-state index contributed by atoms with van der Waals surface area (Å²) in [6, 6.07) is 3.49. The molecule has 1 amide bonds. The van der Waals surface area contributed by atoms with Gasteiger partial charge in [-0.1, -0.05) is 31.0 Å². The molecule has 1 saturated carbocycles. The number of hydrogen-bond acceptors (Lipinski definition) is 9. The molecule has 1 aliphatic carbocycles. The van der Waals surface area contributed by atoms with Gasteiger partial charge in [-0.2, -0.15) is 0 Å². The average molecular weight is 462 g/mol. The molecule has 0 atom stereocenters. The van der Waals surface area contributed by atoms with Crippen molar-refractivity contribution in [3.8, 4) is 11.3 Å². The van der Waals surface area contributed by atoms with Crippen molar-refractivity contribution in [2.24, 2.45) is 0 Å². The maximum Gasteiger partial charge on any atom is 0.341 e. The number of carbonyl (C=O) groups is 2. The highest BCUT2D eigenvalue weighted by Gasteiger charge is 2.25. The van der Waals surface area contributed by atoms with Crippen LogP contribution in [0.15, 0.2) is 37.8 Å². The molecule has 4 rings (SSSR count). The number of hydrogen-bond donors (Lipinski definition) is 1. The fourth-order valence-corrected chi connectivity index (χ4v) is 5.08. The summed E-state index contributed by atoms with van der Waals surface area (Å²) in [5.74, 6) is 0.821. The van der Waals surface area contributed by atoms with Gasteiger partial charge in [-0.25, -0.2) is 4.79 Å². The van der Waals surface area contributed by atoms with E-state index in [-0.39, 0.29) is 23.8 Å². The minimum atomic E-state index is -0.507. The summed E-state index contributed by atoms with van der Waals surface area (Å²) < 4.78 is 16.3. The van der Waals surface area contributed by atoms with Crippen LogP contribution in [0, 0.1) is 0 Å². The number of thiophene rings is 1.